The van der Waals surface area contributed by atoms with Gasteiger partial charge in [0.2, 0.25) is 0 Å². The van der Waals surface area contributed by atoms with Crippen LogP contribution in [0.3, 0.4) is 0 Å². The van der Waals surface area contributed by atoms with E-state index in [0.717, 1.165) is 90.3 Å². The Kier molecular flexibility index (Phi) is 9.05. The van der Waals surface area contributed by atoms with E-state index >= 15 is 0 Å². The maximum Gasteiger partial charge on any atom is 0.159 e. The van der Waals surface area contributed by atoms with Gasteiger partial charge in [0.1, 0.15) is 5.58 Å². The normalized spacial score (nSPS) is 14.3. The highest BCUT2D eigenvalue weighted by Gasteiger charge is 2.22. The van der Waals surface area contributed by atoms with Gasteiger partial charge in [0.25, 0.3) is 0 Å². The molecule has 10 aromatic carbocycles. The van der Waals surface area contributed by atoms with Crippen LogP contribution in [0.5, 0.6) is 0 Å². The fourth-order valence-electron chi connectivity index (χ4n) is 9.74. The molecule has 1 aliphatic heterocycles. The molecule has 12 rings (SSSR count). The summed E-state index contributed by atoms with van der Waals surface area (Å²) in [6, 6.07) is 76.2. The summed E-state index contributed by atoms with van der Waals surface area (Å²) in [5.74, 6) is 0. The van der Waals surface area contributed by atoms with Gasteiger partial charge in [-0.25, -0.2) is 0 Å². The van der Waals surface area contributed by atoms with E-state index in [2.05, 4.69) is 241 Å². The zero-order valence-electron chi connectivity index (χ0n) is 35.2. The highest BCUT2D eigenvalue weighted by molar-refractivity contribution is 6.26. The number of anilines is 5. The monoisotopic (exact) mass is 818 g/mol. The second kappa shape index (κ2) is 15.5. The summed E-state index contributed by atoms with van der Waals surface area (Å²) in [5.41, 5.74) is 13.6. The first-order valence-electron chi connectivity index (χ1n) is 21.9. The fraction of sp³-hybridized carbons (Fsp3) is 0.0164. The molecule has 0 radical (unpaired) electrons. The number of para-hydroxylation sites is 3. The predicted octanol–water partition coefficient (Wildman–Crippen LogP) is 17.0. The van der Waals surface area contributed by atoms with Gasteiger partial charge >= 0.3 is 0 Å². The van der Waals surface area contributed by atoms with Crippen molar-refractivity contribution in [3.8, 4) is 11.1 Å². The van der Waals surface area contributed by atoms with Crippen molar-refractivity contribution in [3.63, 3.8) is 0 Å². The fourth-order valence-corrected chi connectivity index (χ4v) is 9.74. The summed E-state index contributed by atoms with van der Waals surface area (Å²) in [4.78, 5) is 4.72. The Morgan fingerprint density at radius 3 is 1.78 bits per heavy atom. The number of allylic oxidation sites excluding steroid dienone is 4. The average Bonchev–Trinajstić information content (AvgIpc) is 3.77. The van der Waals surface area contributed by atoms with Gasteiger partial charge in [0.05, 0.1) is 5.69 Å². The molecule has 0 saturated carbocycles. The first-order valence-corrected chi connectivity index (χ1v) is 21.9. The first-order chi connectivity index (χ1) is 31.7. The molecule has 0 spiro atoms. The number of benzene rings is 10. The summed E-state index contributed by atoms with van der Waals surface area (Å²) in [5, 5.41) is 9.65. The number of nitrogens with zero attached hydrogens (tertiary/aromatic N) is 2. The van der Waals surface area contributed by atoms with E-state index in [1.807, 2.05) is 6.07 Å². The van der Waals surface area contributed by atoms with Crippen molar-refractivity contribution in [1.29, 1.82) is 0 Å². The van der Waals surface area contributed by atoms with Gasteiger partial charge in [-0.3, -0.25) is 0 Å². The van der Waals surface area contributed by atoms with Gasteiger partial charge in [-0.05, 0) is 127 Å². The van der Waals surface area contributed by atoms with Crippen LogP contribution < -0.4 is 9.80 Å². The lowest BCUT2D eigenvalue weighted by Gasteiger charge is -2.27. The largest absolute Gasteiger partial charge is 0.454 e. The number of rotatable bonds is 6. The molecule has 64 heavy (non-hydrogen) atoms. The van der Waals surface area contributed by atoms with Gasteiger partial charge < -0.3 is 14.2 Å². The first kappa shape index (κ1) is 37.4. The summed E-state index contributed by atoms with van der Waals surface area (Å²) in [6.45, 7) is 5.41. The van der Waals surface area contributed by atoms with E-state index in [1.165, 1.54) is 32.3 Å². The summed E-state index contributed by atoms with van der Waals surface area (Å²) >= 11 is 0. The molecule has 1 aromatic heterocycles. The average molecular weight is 819 g/mol. The quantitative estimate of drug-likeness (QED) is 0.156. The van der Waals surface area contributed by atoms with E-state index in [9.17, 15) is 0 Å². The van der Waals surface area contributed by atoms with Crippen LogP contribution in [-0.4, -0.2) is 6.54 Å². The topological polar surface area (TPSA) is 19.6 Å². The Morgan fingerprint density at radius 1 is 0.453 bits per heavy atom. The van der Waals surface area contributed by atoms with Crippen LogP contribution in [0.1, 0.15) is 11.1 Å². The van der Waals surface area contributed by atoms with Crippen LogP contribution in [-0.2, 0) is 0 Å². The maximum absolute atomic E-state index is 6.72. The molecule has 0 fully saturated rings. The zero-order valence-corrected chi connectivity index (χ0v) is 35.2. The van der Waals surface area contributed by atoms with E-state index in [1.54, 1.807) is 0 Å². The SMILES string of the molecule is C=C1/C=C(c2ccccc2)\C=C/CN(c2ccccc2)c2ccc(-c3ccc(N(c4ccc5c6ccccc6c6ccccc6c5c4)c4cccc5c4oc4ccccc45)cc3)cc21. The van der Waals surface area contributed by atoms with Gasteiger partial charge in [-0.15, -0.1) is 0 Å². The van der Waals surface area contributed by atoms with Crippen molar-refractivity contribution in [3.05, 3.63) is 248 Å². The van der Waals surface area contributed by atoms with Crippen molar-refractivity contribution < 1.29 is 4.42 Å². The highest BCUT2D eigenvalue weighted by Crippen LogP contribution is 2.45. The number of hydrogen-bond donors (Lipinski definition) is 0. The van der Waals surface area contributed by atoms with Crippen molar-refractivity contribution in [1.82, 2.24) is 0 Å². The Labute approximate surface area is 372 Å². The molecule has 3 heteroatoms. The standard InChI is InChI=1S/C61H42N2O/c1-41-38-44(42-16-4-2-5-17-42)18-15-37-62(46-19-6-3-7-20-46)58-36-31-45(39-56(41)58)43-29-32-47(33-30-43)63(59-27-14-26-55-54-25-12-13-28-60(54)64-61(55)59)48-34-35-53-51-23-9-8-21-49(51)50-22-10-11-24-52(50)57(53)40-48/h2-36,38-40H,1,37H2/b18-15-,44-38+. The van der Waals surface area contributed by atoms with Gasteiger partial charge in [-0.1, -0.05) is 170 Å². The summed E-state index contributed by atoms with van der Waals surface area (Å²) < 4.78 is 6.72. The van der Waals surface area contributed by atoms with Gasteiger partial charge in [0, 0.05) is 45.6 Å². The number of hydrogen-bond acceptors (Lipinski definition) is 3. The Hall–Kier alpha value is -8.40. The van der Waals surface area contributed by atoms with Crippen LogP contribution in [0, 0.1) is 0 Å². The van der Waals surface area contributed by atoms with Crippen LogP contribution in [0.15, 0.2) is 242 Å². The lowest BCUT2D eigenvalue weighted by Crippen LogP contribution is -2.18. The minimum Gasteiger partial charge on any atom is -0.454 e. The second-order valence-electron chi connectivity index (χ2n) is 16.5. The summed E-state index contributed by atoms with van der Waals surface area (Å²) in [7, 11) is 0. The van der Waals surface area contributed by atoms with Gasteiger partial charge in [0.15, 0.2) is 5.58 Å². The van der Waals surface area contributed by atoms with Gasteiger partial charge in [-0.2, -0.15) is 0 Å². The van der Waals surface area contributed by atoms with Crippen molar-refractivity contribution in [2.24, 2.45) is 0 Å². The lowest BCUT2D eigenvalue weighted by molar-refractivity contribution is 0.669. The summed E-state index contributed by atoms with van der Waals surface area (Å²) in [6.07, 6.45) is 6.69. The molecule has 2 heterocycles. The molecule has 3 nitrogen and oxygen atoms in total. The molecule has 0 unspecified atom stereocenters. The van der Waals surface area contributed by atoms with Crippen molar-refractivity contribution >= 4 is 93.8 Å². The van der Waals surface area contributed by atoms with Crippen LogP contribution in [0.4, 0.5) is 28.4 Å². The zero-order chi connectivity index (χ0) is 42.6. The Balaban J connectivity index is 1.01. The van der Waals surface area contributed by atoms with Crippen LogP contribution in [0.25, 0.3) is 76.5 Å². The molecule has 1 aliphatic rings. The van der Waals surface area contributed by atoms with Crippen LogP contribution in [0.2, 0.25) is 0 Å². The van der Waals surface area contributed by atoms with E-state index in [-0.39, 0.29) is 0 Å². The van der Waals surface area contributed by atoms with Crippen molar-refractivity contribution in [2.45, 2.75) is 0 Å². The van der Waals surface area contributed by atoms with Crippen molar-refractivity contribution in [2.75, 3.05) is 16.3 Å². The Bertz CT molecular complexity index is 3620. The second-order valence-corrected chi connectivity index (χ2v) is 16.5. The van der Waals surface area contributed by atoms with E-state index < -0.39 is 0 Å². The molecule has 302 valence electrons. The lowest BCUT2D eigenvalue weighted by atomic mass is 9.93. The molecule has 0 saturated heterocycles. The molecule has 0 N–H and O–H groups in total. The van der Waals surface area contributed by atoms with Crippen LogP contribution >= 0.6 is 0 Å². The molecule has 0 aliphatic carbocycles. The minimum absolute atomic E-state index is 0.719. The molecule has 0 atom stereocenters. The minimum atomic E-state index is 0.719. The third-order valence-electron chi connectivity index (χ3n) is 12.8. The molecular formula is C61H42N2O. The number of fused-ring (bicyclic) bond motifs is 10. The molecule has 0 bridgehead atoms. The van der Waals surface area contributed by atoms with E-state index in [4.69, 9.17) is 4.42 Å². The maximum atomic E-state index is 6.72. The molecular weight excluding hydrogens is 777 g/mol. The molecule has 11 aromatic rings. The van der Waals surface area contributed by atoms with E-state index in [0.29, 0.717) is 0 Å². The number of furan rings is 1. The third kappa shape index (κ3) is 6.37. The Morgan fingerprint density at radius 2 is 1.05 bits per heavy atom. The predicted molar refractivity (Wildman–Crippen MR) is 272 cm³/mol. The molecule has 0 amide bonds. The highest BCUT2D eigenvalue weighted by atomic mass is 16.3. The smallest absolute Gasteiger partial charge is 0.159 e. The third-order valence-corrected chi connectivity index (χ3v) is 12.8.